The van der Waals surface area contributed by atoms with E-state index in [0.717, 1.165) is 45.9 Å². The number of para-hydroxylation sites is 4. The molecule has 0 fully saturated rings. The monoisotopic (exact) mass is 717 g/mol. The van der Waals surface area contributed by atoms with E-state index in [-0.39, 0.29) is 5.92 Å². The van der Waals surface area contributed by atoms with Gasteiger partial charge >= 0.3 is 0 Å². The highest BCUT2D eigenvalue weighted by Crippen LogP contribution is 2.39. The molecule has 1 aliphatic rings. The van der Waals surface area contributed by atoms with Gasteiger partial charge in [0.2, 0.25) is 0 Å². The number of nitrogens with zero attached hydrogens (tertiary/aromatic N) is 5. The summed E-state index contributed by atoms with van der Waals surface area (Å²) in [6.45, 7) is 0. The average Bonchev–Trinajstić information content (AvgIpc) is 3.80. The van der Waals surface area contributed by atoms with Crippen molar-refractivity contribution in [1.82, 2.24) is 24.1 Å². The van der Waals surface area contributed by atoms with Crippen molar-refractivity contribution in [2.75, 3.05) is 0 Å². The fourth-order valence-electron chi connectivity index (χ4n) is 8.51. The average molecular weight is 718 g/mol. The van der Waals surface area contributed by atoms with Crippen LogP contribution in [0.1, 0.15) is 23.0 Å². The minimum atomic E-state index is -0.0205. The lowest BCUT2D eigenvalue weighted by atomic mass is 9.91. The number of benzene rings is 7. The first-order valence-corrected chi connectivity index (χ1v) is 19.1. The molecule has 0 saturated carbocycles. The Morgan fingerprint density at radius 2 is 0.929 bits per heavy atom. The predicted molar refractivity (Wildman–Crippen MR) is 229 cm³/mol. The summed E-state index contributed by atoms with van der Waals surface area (Å²) in [6, 6.07) is 64.2. The van der Waals surface area contributed by atoms with E-state index in [9.17, 15) is 0 Å². The minimum absolute atomic E-state index is 0.0205. The number of rotatable bonds is 6. The lowest BCUT2D eigenvalue weighted by Gasteiger charge is -2.19. The molecule has 1 atom stereocenters. The molecule has 1 aliphatic carbocycles. The van der Waals surface area contributed by atoms with Gasteiger partial charge in [0.05, 0.1) is 16.6 Å². The third-order valence-corrected chi connectivity index (χ3v) is 11.1. The van der Waals surface area contributed by atoms with Crippen LogP contribution < -0.4 is 0 Å². The zero-order valence-corrected chi connectivity index (χ0v) is 30.5. The first kappa shape index (κ1) is 32.1. The second kappa shape index (κ2) is 13.2. The minimum Gasteiger partial charge on any atom is -0.310 e. The Balaban J connectivity index is 1.01. The van der Waals surface area contributed by atoms with Gasteiger partial charge < -0.3 is 9.13 Å². The van der Waals surface area contributed by atoms with Crippen LogP contribution in [0.25, 0.3) is 84.1 Å². The van der Waals surface area contributed by atoms with Crippen LogP contribution in [0.15, 0.2) is 188 Å². The molecule has 0 N–H and O–H groups in total. The Kier molecular flexibility index (Phi) is 7.56. The number of allylic oxidation sites excluding steroid dienone is 1. The first-order valence-electron chi connectivity index (χ1n) is 19.1. The predicted octanol–water partition coefficient (Wildman–Crippen LogP) is 12.3. The van der Waals surface area contributed by atoms with Crippen molar-refractivity contribution in [3.05, 3.63) is 205 Å². The molecule has 0 spiro atoms. The van der Waals surface area contributed by atoms with Crippen LogP contribution in [0, 0.1) is 0 Å². The maximum absolute atomic E-state index is 5.25. The van der Waals surface area contributed by atoms with Gasteiger partial charge in [-0.25, -0.2) is 15.0 Å². The molecule has 5 heteroatoms. The van der Waals surface area contributed by atoms with E-state index >= 15 is 0 Å². The lowest BCUT2D eigenvalue weighted by molar-refractivity contribution is 0.748. The van der Waals surface area contributed by atoms with Crippen LogP contribution >= 0.6 is 0 Å². The van der Waals surface area contributed by atoms with Crippen LogP contribution in [0.2, 0.25) is 0 Å². The highest BCUT2D eigenvalue weighted by atomic mass is 15.0. The van der Waals surface area contributed by atoms with Crippen LogP contribution in [0.3, 0.4) is 0 Å². The van der Waals surface area contributed by atoms with Crippen molar-refractivity contribution in [2.24, 2.45) is 0 Å². The fraction of sp³-hybridized carbons (Fsp3) is 0.0392. The van der Waals surface area contributed by atoms with E-state index < -0.39 is 0 Å². The highest BCUT2D eigenvalue weighted by Gasteiger charge is 2.26. The highest BCUT2D eigenvalue weighted by molar-refractivity contribution is 6.09. The van der Waals surface area contributed by atoms with Crippen molar-refractivity contribution in [1.29, 1.82) is 0 Å². The van der Waals surface area contributed by atoms with Crippen molar-refractivity contribution in [2.45, 2.75) is 12.3 Å². The zero-order chi connectivity index (χ0) is 37.0. The van der Waals surface area contributed by atoms with Crippen LogP contribution in [-0.4, -0.2) is 24.1 Å². The summed E-state index contributed by atoms with van der Waals surface area (Å²) in [4.78, 5) is 15.5. The van der Waals surface area contributed by atoms with Gasteiger partial charge in [0.1, 0.15) is 5.82 Å². The Morgan fingerprint density at radius 1 is 0.411 bits per heavy atom. The van der Waals surface area contributed by atoms with Gasteiger partial charge in [-0.3, -0.25) is 0 Å². The van der Waals surface area contributed by atoms with Crippen LogP contribution in [0.4, 0.5) is 0 Å². The Morgan fingerprint density at radius 3 is 1.64 bits per heavy atom. The van der Waals surface area contributed by atoms with Gasteiger partial charge in [0, 0.05) is 50.3 Å². The summed E-state index contributed by atoms with van der Waals surface area (Å²) in [6.07, 6.45) is 5.32. The molecule has 10 aromatic rings. The van der Waals surface area contributed by atoms with E-state index in [1.165, 1.54) is 44.0 Å². The topological polar surface area (TPSA) is 48.5 Å². The standard InChI is InChI=1S/C51H35N5/c1-3-15-34(16-4-1)49-52-50(54-51(53-49)38-29-30-48-44(33-38)43-25-9-12-28-47(43)55(48)39-20-5-2-6-21-39)37-19-13-17-35(31-37)36-18-14-22-40(32-36)56-45-26-10-7-23-41(45)42-24-8-11-27-46(42)56/h1-32,38H,33H2. The molecule has 0 amide bonds. The molecule has 0 bridgehead atoms. The fourth-order valence-corrected chi connectivity index (χ4v) is 8.51. The second-order valence-electron chi connectivity index (χ2n) is 14.4. The maximum atomic E-state index is 5.25. The molecule has 11 rings (SSSR count). The maximum Gasteiger partial charge on any atom is 0.163 e. The quantitative estimate of drug-likeness (QED) is 0.172. The van der Waals surface area contributed by atoms with Crippen LogP contribution in [0.5, 0.6) is 0 Å². The third-order valence-electron chi connectivity index (χ3n) is 11.1. The summed E-state index contributed by atoms with van der Waals surface area (Å²) in [7, 11) is 0. The molecule has 0 aliphatic heterocycles. The summed E-state index contributed by atoms with van der Waals surface area (Å²) < 4.78 is 4.73. The molecular weight excluding hydrogens is 683 g/mol. The molecule has 7 aromatic carbocycles. The Hall–Kier alpha value is -7.37. The molecule has 56 heavy (non-hydrogen) atoms. The van der Waals surface area contributed by atoms with E-state index in [1.807, 2.05) is 18.2 Å². The third kappa shape index (κ3) is 5.36. The largest absolute Gasteiger partial charge is 0.310 e. The Bertz CT molecular complexity index is 3060. The van der Waals surface area contributed by atoms with Crippen molar-refractivity contribution in [3.63, 3.8) is 0 Å². The number of hydrogen-bond acceptors (Lipinski definition) is 3. The number of fused-ring (bicyclic) bond motifs is 6. The van der Waals surface area contributed by atoms with Gasteiger partial charge in [0.15, 0.2) is 11.6 Å². The van der Waals surface area contributed by atoms with E-state index in [4.69, 9.17) is 15.0 Å². The van der Waals surface area contributed by atoms with Gasteiger partial charge in [-0.1, -0.05) is 140 Å². The molecule has 0 radical (unpaired) electrons. The van der Waals surface area contributed by atoms with E-state index in [0.29, 0.717) is 11.6 Å². The number of hydrogen-bond donors (Lipinski definition) is 0. The molecule has 3 heterocycles. The molecule has 5 nitrogen and oxygen atoms in total. The van der Waals surface area contributed by atoms with E-state index in [2.05, 4.69) is 185 Å². The van der Waals surface area contributed by atoms with Gasteiger partial charge in [-0.15, -0.1) is 0 Å². The summed E-state index contributed by atoms with van der Waals surface area (Å²) in [5.74, 6) is 2.09. The van der Waals surface area contributed by atoms with Crippen LogP contribution in [-0.2, 0) is 6.42 Å². The normalized spacial score (nSPS) is 13.8. The summed E-state index contributed by atoms with van der Waals surface area (Å²) in [5, 5.41) is 3.76. The van der Waals surface area contributed by atoms with Crippen molar-refractivity contribution >= 4 is 38.8 Å². The number of aromatic nitrogens is 5. The van der Waals surface area contributed by atoms with Crippen molar-refractivity contribution in [3.8, 4) is 45.3 Å². The van der Waals surface area contributed by atoms with E-state index in [1.54, 1.807) is 0 Å². The second-order valence-corrected chi connectivity index (χ2v) is 14.4. The van der Waals surface area contributed by atoms with Gasteiger partial charge in [-0.2, -0.15) is 0 Å². The van der Waals surface area contributed by atoms with Gasteiger partial charge in [-0.05, 0) is 77.7 Å². The molecule has 1 unspecified atom stereocenters. The zero-order valence-electron chi connectivity index (χ0n) is 30.5. The smallest absolute Gasteiger partial charge is 0.163 e. The molecule has 0 saturated heterocycles. The Labute approximate surface area is 324 Å². The molecule has 3 aromatic heterocycles. The first-order chi connectivity index (χ1) is 27.8. The van der Waals surface area contributed by atoms with Gasteiger partial charge in [0.25, 0.3) is 0 Å². The molecular formula is C51H35N5. The summed E-state index contributed by atoms with van der Waals surface area (Å²) >= 11 is 0. The lowest BCUT2D eigenvalue weighted by Crippen LogP contribution is -2.12. The van der Waals surface area contributed by atoms with Crippen molar-refractivity contribution < 1.29 is 0 Å². The molecule has 264 valence electrons. The summed E-state index contributed by atoms with van der Waals surface area (Å²) in [5.41, 5.74) is 12.5. The SMILES string of the molecule is C1=CC(c2nc(-c3ccccc3)nc(-c3cccc(-c4cccc(-n5c6ccccc6c6ccccc65)c4)c3)n2)Cc2c1n(-c1ccccc1)c1ccccc21.